The van der Waals surface area contributed by atoms with Crippen LogP contribution in [0, 0.1) is 17.8 Å². The molecule has 0 aliphatic heterocycles. The smallest absolute Gasteiger partial charge is 0.0444 e. The number of alkyl halides is 1. The van der Waals surface area contributed by atoms with E-state index in [1.165, 1.54) is 0 Å². The zero-order valence-corrected chi connectivity index (χ0v) is 10.1. The first-order valence-electron chi connectivity index (χ1n) is 5.01. The van der Waals surface area contributed by atoms with Crippen LogP contribution < -0.4 is 0 Å². The molecule has 0 bridgehead atoms. The van der Waals surface area contributed by atoms with Crippen molar-refractivity contribution >= 4 is 11.6 Å². The van der Waals surface area contributed by atoms with Crippen LogP contribution >= 0.6 is 11.6 Å². The van der Waals surface area contributed by atoms with Crippen LogP contribution in [0.5, 0.6) is 0 Å². The molecule has 0 aromatic heterocycles. The summed E-state index contributed by atoms with van der Waals surface area (Å²) in [6, 6.07) is 0. The summed E-state index contributed by atoms with van der Waals surface area (Å²) in [6.45, 7) is 13.4. The van der Waals surface area contributed by atoms with Gasteiger partial charge in [-0.3, -0.25) is 0 Å². The van der Waals surface area contributed by atoms with Crippen molar-refractivity contribution in [3.63, 3.8) is 0 Å². The van der Waals surface area contributed by atoms with Crippen LogP contribution in [0.2, 0.25) is 0 Å². The highest BCUT2D eigenvalue weighted by Gasteiger charge is 2.31. The number of rotatable bonds is 4. The fourth-order valence-electron chi connectivity index (χ4n) is 1.45. The maximum Gasteiger partial charge on any atom is 0.0444 e. The van der Waals surface area contributed by atoms with E-state index in [4.69, 9.17) is 11.6 Å². The zero-order chi connectivity index (χ0) is 9.94. The van der Waals surface area contributed by atoms with Crippen LogP contribution in [0.4, 0.5) is 0 Å². The second-order valence-electron chi connectivity index (χ2n) is 4.52. The van der Waals surface area contributed by atoms with Crippen molar-refractivity contribution in [2.45, 2.75) is 52.8 Å². The van der Waals surface area contributed by atoms with E-state index < -0.39 is 0 Å². The first-order chi connectivity index (χ1) is 5.33. The molecule has 0 nitrogen and oxygen atoms in total. The molecule has 0 fully saturated rings. The first kappa shape index (κ1) is 12.3. The highest BCUT2D eigenvalue weighted by Crippen LogP contribution is 2.36. The van der Waals surface area contributed by atoms with E-state index in [1.807, 2.05) is 0 Å². The Morgan fingerprint density at radius 1 is 1.17 bits per heavy atom. The van der Waals surface area contributed by atoms with E-state index in [1.54, 1.807) is 0 Å². The van der Waals surface area contributed by atoms with Gasteiger partial charge in [0.1, 0.15) is 0 Å². The van der Waals surface area contributed by atoms with Crippen LogP contribution in [0.25, 0.3) is 0 Å². The lowest BCUT2D eigenvalue weighted by atomic mass is 9.77. The van der Waals surface area contributed by atoms with Gasteiger partial charge >= 0.3 is 0 Å². The average molecular weight is 191 g/mol. The number of halogens is 1. The molecule has 0 spiro atoms. The van der Waals surface area contributed by atoms with Crippen LogP contribution in [0.15, 0.2) is 0 Å². The van der Waals surface area contributed by atoms with E-state index in [-0.39, 0.29) is 4.87 Å². The van der Waals surface area contributed by atoms with Crippen molar-refractivity contribution in [3.8, 4) is 0 Å². The minimum atomic E-state index is -0.0241. The Bertz CT molecular complexity index is 127. The Kier molecular flexibility index (Phi) is 4.61. The zero-order valence-electron chi connectivity index (χ0n) is 9.32. The molecule has 0 rings (SSSR count). The maximum atomic E-state index is 6.41. The van der Waals surface area contributed by atoms with Gasteiger partial charge in [-0.1, -0.05) is 34.6 Å². The minimum Gasteiger partial charge on any atom is -0.119 e. The lowest BCUT2D eigenvalue weighted by Crippen LogP contribution is -2.32. The molecule has 0 aliphatic carbocycles. The molecule has 0 aliphatic rings. The van der Waals surface area contributed by atoms with Crippen molar-refractivity contribution in [1.82, 2.24) is 0 Å². The SMILES string of the molecule is CCC(C)(Cl)C(C)C(C)C(C)C. The second-order valence-corrected chi connectivity index (χ2v) is 5.39. The molecule has 0 aromatic carbocycles. The molecule has 74 valence electrons. The molecule has 0 aromatic rings. The molecule has 0 heterocycles. The molecule has 3 unspecified atom stereocenters. The topological polar surface area (TPSA) is 0 Å². The molecular weight excluding hydrogens is 168 g/mol. The third kappa shape index (κ3) is 2.97. The van der Waals surface area contributed by atoms with E-state index >= 15 is 0 Å². The third-order valence-electron chi connectivity index (χ3n) is 3.48. The molecule has 0 saturated heterocycles. The van der Waals surface area contributed by atoms with E-state index in [9.17, 15) is 0 Å². The lowest BCUT2D eigenvalue weighted by Gasteiger charge is -2.34. The normalized spacial score (nSPS) is 22.0. The number of hydrogen-bond donors (Lipinski definition) is 0. The van der Waals surface area contributed by atoms with Crippen LogP contribution in [-0.2, 0) is 0 Å². The maximum absolute atomic E-state index is 6.41. The summed E-state index contributed by atoms with van der Waals surface area (Å²) in [4.78, 5) is -0.0241. The Hall–Kier alpha value is 0.290. The van der Waals surface area contributed by atoms with Gasteiger partial charge in [-0.2, -0.15) is 0 Å². The summed E-state index contributed by atoms with van der Waals surface area (Å²) in [6.07, 6.45) is 1.05. The van der Waals surface area contributed by atoms with Crippen LogP contribution in [-0.4, -0.2) is 4.87 Å². The van der Waals surface area contributed by atoms with Crippen molar-refractivity contribution in [2.24, 2.45) is 17.8 Å². The molecule has 1 heteroatoms. The monoisotopic (exact) mass is 190 g/mol. The summed E-state index contributed by atoms with van der Waals surface area (Å²) in [5.74, 6) is 2.02. The average Bonchev–Trinajstić information content (AvgIpc) is 2.01. The molecule has 0 radical (unpaired) electrons. The molecular formula is C11H23Cl. The van der Waals surface area contributed by atoms with Gasteiger partial charge in [0.2, 0.25) is 0 Å². The van der Waals surface area contributed by atoms with Crippen LogP contribution in [0.1, 0.15) is 48.0 Å². The minimum absolute atomic E-state index is 0.0241. The predicted octanol–water partition coefficient (Wildman–Crippen LogP) is 4.32. The molecule has 0 N–H and O–H groups in total. The second kappa shape index (κ2) is 4.50. The summed E-state index contributed by atoms with van der Waals surface area (Å²) in [5, 5.41) is 0. The summed E-state index contributed by atoms with van der Waals surface area (Å²) >= 11 is 6.41. The van der Waals surface area contributed by atoms with Crippen molar-refractivity contribution < 1.29 is 0 Å². The van der Waals surface area contributed by atoms with Gasteiger partial charge in [0, 0.05) is 4.87 Å². The molecule has 0 saturated carbocycles. The Balaban J connectivity index is 4.27. The highest BCUT2D eigenvalue weighted by atomic mass is 35.5. The molecule has 0 amide bonds. The quantitative estimate of drug-likeness (QED) is 0.580. The summed E-state index contributed by atoms with van der Waals surface area (Å²) in [7, 11) is 0. The van der Waals surface area contributed by atoms with Crippen molar-refractivity contribution in [2.75, 3.05) is 0 Å². The van der Waals surface area contributed by atoms with Gasteiger partial charge in [0.05, 0.1) is 0 Å². The third-order valence-corrected chi connectivity index (χ3v) is 4.09. The first-order valence-corrected chi connectivity index (χ1v) is 5.39. The Labute approximate surface area is 82.7 Å². The van der Waals surface area contributed by atoms with Gasteiger partial charge in [0.25, 0.3) is 0 Å². The molecule has 12 heavy (non-hydrogen) atoms. The molecule has 3 atom stereocenters. The van der Waals surface area contributed by atoms with Crippen LogP contribution in [0.3, 0.4) is 0 Å². The van der Waals surface area contributed by atoms with Gasteiger partial charge in [0.15, 0.2) is 0 Å². The summed E-state index contributed by atoms with van der Waals surface area (Å²) < 4.78 is 0. The predicted molar refractivity (Wildman–Crippen MR) is 57.7 cm³/mol. The summed E-state index contributed by atoms with van der Waals surface area (Å²) in [5.41, 5.74) is 0. The number of hydrogen-bond acceptors (Lipinski definition) is 0. The van der Waals surface area contributed by atoms with Gasteiger partial charge in [-0.15, -0.1) is 11.6 Å². The Morgan fingerprint density at radius 2 is 1.58 bits per heavy atom. The highest BCUT2D eigenvalue weighted by molar-refractivity contribution is 6.23. The fourth-order valence-corrected chi connectivity index (χ4v) is 1.65. The van der Waals surface area contributed by atoms with E-state index in [2.05, 4.69) is 41.5 Å². The van der Waals surface area contributed by atoms with Crippen molar-refractivity contribution in [1.29, 1.82) is 0 Å². The van der Waals surface area contributed by atoms with Gasteiger partial charge in [-0.05, 0) is 31.1 Å². The van der Waals surface area contributed by atoms with Gasteiger partial charge in [-0.25, -0.2) is 0 Å². The van der Waals surface area contributed by atoms with E-state index in [0.717, 1.165) is 12.3 Å². The lowest BCUT2D eigenvalue weighted by molar-refractivity contribution is 0.237. The Morgan fingerprint density at radius 3 is 1.83 bits per heavy atom. The van der Waals surface area contributed by atoms with Crippen molar-refractivity contribution in [3.05, 3.63) is 0 Å². The standard InChI is InChI=1S/C11H23Cl/c1-7-11(6,12)10(5)9(4)8(2)3/h8-10H,7H2,1-6H3. The fraction of sp³-hybridized carbons (Fsp3) is 1.00. The van der Waals surface area contributed by atoms with E-state index in [0.29, 0.717) is 11.8 Å². The largest absolute Gasteiger partial charge is 0.119 e. The van der Waals surface area contributed by atoms with Gasteiger partial charge < -0.3 is 0 Å².